The molecule has 3 N–H and O–H groups in total. The minimum absolute atomic E-state index is 0.124. The number of H-pyrrole nitrogens is 1. The molecule has 4 aromatic rings. The lowest BCUT2D eigenvalue weighted by atomic mass is 9.95. The molecule has 3 saturated heterocycles. The summed E-state index contributed by atoms with van der Waals surface area (Å²) in [6, 6.07) is 11.7. The Bertz CT molecular complexity index is 2390. The maximum absolute atomic E-state index is 13.7. The number of aliphatic imine (C=N–C) groups is 1. The fraction of sp³-hybridized carbons (Fsp3) is 0.419. The quantitative estimate of drug-likeness (QED) is 0.202. The van der Waals surface area contributed by atoms with Crippen molar-refractivity contribution in [2.45, 2.75) is 83.0 Å². The van der Waals surface area contributed by atoms with Crippen LogP contribution in [0.25, 0.3) is 39.1 Å². The monoisotopic (exact) mass is 816 g/mol. The molecule has 3 fully saturated rings. The predicted molar refractivity (Wildman–Crippen MR) is 221 cm³/mol. The number of nitrogens with one attached hydrogen (secondary N) is 3. The summed E-state index contributed by atoms with van der Waals surface area (Å²) >= 11 is 0. The number of carbonyl (C=O) groups is 5. The summed E-state index contributed by atoms with van der Waals surface area (Å²) < 4.78 is 9.49. The molecule has 17 heteroatoms. The van der Waals surface area contributed by atoms with Crippen LogP contribution in [0.1, 0.15) is 76.2 Å². The number of amides is 5. The molecule has 8 rings (SSSR count). The molecule has 0 spiro atoms. The van der Waals surface area contributed by atoms with E-state index in [4.69, 9.17) is 24.4 Å². The fourth-order valence-electron chi connectivity index (χ4n) is 8.52. The lowest BCUT2D eigenvalue weighted by Crippen LogP contribution is -2.62. The summed E-state index contributed by atoms with van der Waals surface area (Å²) in [5.74, 6) is -0.0886. The number of benzene rings is 2. The molecule has 2 aromatic carbocycles. The van der Waals surface area contributed by atoms with Crippen LogP contribution >= 0.6 is 0 Å². The molecule has 60 heavy (non-hydrogen) atoms. The average Bonchev–Trinajstić information content (AvgIpc) is 4.06. The van der Waals surface area contributed by atoms with Crippen molar-refractivity contribution in [2.24, 2.45) is 10.9 Å². The first-order valence-corrected chi connectivity index (χ1v) is 20.3. The Balaban J connectivity index is 0.928. The van der Waals surface area contributed by atoms with E-state index < -0.39 is 30.3 Å². The largest absolute Gasteiger partial charge is 0.453 e. The first kappa shape index (κ1) is 40.1. The van der Waals surface area contributed by atoms with E-state index in [0.717, 1.165) is 69.7 Å². The van der Waals surface area contributed by atoms with Gasteiger partial charge in [0.15, 0.2) is 0 Å². The second-order valence-corrected chi connectivity index (χ2v) is 15.8. The third-order valence-corrected chi connectivity index (χ3v) is 11.7. The number of allylic oxidation sites excluding steroid dienone is 1. The van der Waals surface area contributed by atoms with E-state index in [9.17, 15) is 24.0 Å². The van der Waals surface area contributed by atoms with E-state index in [1.54, 1.807) is 17.3 Å². The van der Waals surface area contributed by atoms with Gasteiger partial charge in [-0.25, -0.2) is 24.6 Å². The zero-order valence-electron chi connectivity index (χ0n) is 34.0. The number of aromatic amines is 1. The molecule has 4 aliphatic rings. The normalized spacial score (nSPS) is 21.0. The summed E-state index contributed by atoms with van der Waals surface area (Å²) in [5.41, 5.74) is 7.51. The number of ether oxygens (including phenoxy) is 2. The first-order valence-electron chi connectivity index (χ1n) is 20.3. The van der Waals surface area contributed by atoms with Gasteiger partial charge in [-0.05, 0) is 61.3 Å². The molecular formula is C43H48N10O7. The molecule has 0 unspecified atom stereocenters. The van der Waals surface area contributed by atoms with Gasteiger partial charge >= 0.3 is 12.2 Å². The molecular weight excluding hydrogens is 769 g/mol. The molecule has 4 aliphatic heterocycles. The van der Waals surface area contributed by atoms with Crippen LogP contribution in [-0.2, 0) is 23.9 Å². The fourth-order valence-corrected chi connectivity index (χ4v) is 8.52. The van der Waals surface area contributed by atoms with Gasteiger partial charge in [-0.1, -0.05) is 44.2 Å². The highest BCUT2D eigenvalue weighted by molar-refractivity contribution is 6.04. The van der Waals surface area contributed by atoms with Crippen molar-refractivity contribution in [3.63, 3.8) is 0 Å². The number of rotatable bonds is 9. The lowest BCUT2D eigenvalue weighted by Gasteiger charge is -2.43. The number of hydrazine groups is 1. The number of carbonyl (C=O) groups excluding carboxylic acids is 5. The van der Waals surface area contributed by atoms with Crippen molar-refractivity contribution in [2.75, 3.05) is 27.3 Å². The van der Waals surface area contributed by atoms with Gasteiger partial charge in [0.05, 0.1) is 61.1 Å². The van der Waals surface area contributed by atoms with Crippen LogP contribution in [0.4, 0.5) is 9.59 Å². The second kappa shape index (κ2) is 16.9. The predicted octanol–water partition coefficient (Wildman–Crippen LogP) is 5.17. The first-order chi connectivity index (χ1) is 29.0. The van der Waals surface area contributed by atoms with Gasteiger partial charge in [0, 0.05) is 49.0 Å². The number of alkyl carbamates (subject to hydrolysis) is 2. The van der Waals surface area contributed by atoms with Crippen LogP contribution in [0.15, 0.2) is 66.1 Å². The van der Waals surface area contributed by atoms with E-state index in [1.807, 2.05) is 62.5 Å². The summed E-state index contributed by atoms with van der Waals surface area (Å²) in [6.45, 7) is 4.79. The molecule has 0 bridgehead atoms. The van der Waals surface area contributed by atoms with Crippen molar-refractivity contribution in [3.05, 3.63) is 72.4 Å². The molecule has 4 atom stereocenters. The number of aromatic nitrogens is 4. The zero-order chi connectivity index (χ0) is 42.1. The summed E-state index contributed by atoms with van der Waals surface area (Å²) in [6.07, 6.45) is 7.82. The number of hydrogen-bond donors (Lipinski definition) is 3. The topological polar surface area (TPSA) is 204 Å². The third-order valence-electron chi connectivity index (χ3n) is 11.7. The van der Waals surface area contributed by atoms with Crippen molar-refractivity contribution < 1.29 is 33.4 Å². The van der Waals surface area contributed by atoms with Crippen LogP contribution in [0.5, 0.6) is 0 Å². The smallest absolute Gasteiger partial charge is 0.407 e. The van der Waals surface area contributed by atoms with Crippen LogP contribution in [0.2, 0.25) is 0 Å². The maximum atomic E-state index is 13.7. The Hall–Kier alpha value is -6.65. The molecule has 0 aliphatic carbocycles. The van der Waals surface area contributed by atoms with Gasteiger partial charge in [-0.3, -0.25) is 29.4 Å². The zero-order valence-corrected chi connectivity index (χ0v) is 34.0. The van der Waals surface area contributed by atoms with Crippen molar-refractivity contribution in [3.8, 4) is 22.5 Å². The van der Waals surface area contributed by atoms with Crippen LogP contribution in [-0.4, -0.2) is 116 Å². The number of hydrogen-bond acceptors (Lipinski definition) is 11. The summed E-state index contributed by atoms with van der Waals surface area (Å²) in [4.78, 5) is 88.6. The SMILES string of the molecule is COC(=O)N[C@H]1CCC(=O)N2CCC[C@@H](C3=NC=C(c4ccc(-c5cnc6cc(-c7cnc([C@@H]8CCCN8C(=O)[C@@H](NC(=O)OC)C(C)C)[nH]7)ccc6n5)cc4)C3)N2C1=O. The Morgan fingerprint density at radius 2 is 1.58 bits per heavy atom. The number of methoxy groups -OCH3 is 2. The number of nitrogens with zero attached hydrogens (tertiary/aromatic N) is 7. The standard InChI is InChI=1S/C43H48N10O7/c1-24(2)38(50-43(58)60-4)41(56)51-17-5-8-36(51)39-46-23-34(48-39)27-13-14-29-31(19-27)45-22-33(47-29)26-11-9-25(10-12-26)28-20-32(44-21-28)35-7-6-18-52-37(54)16-15-30(40(55)53(35)52)49-42(57)59-3/h9-14,19,21-24,30,35-36,38H,5-8,15-18,20H2,1-4H3,(H,46,48)(H,49,57)(H,50,58)/t30-,35-,36-,38-/m0/s1. The number of imidazole rings is 1. The van der Waals surface area contributed by atoms with E-state index in [0.29, 0.717) is 31.8 Å². The molecule has 0 radical (unpaired) electrons. The van der Waals surface area contributed by atoms with E-state index >= 15 is 0 Å². The van der Waals surface area contributed by atoms with Crippen LogP contribution in [0.3, 0.4) is 0 Å². The average molecular weight is 817 g/mol. The van der Waals surface area contributed by atoms with Gasteiger partial charge in [0.25, 0.3) is 5.91 Å². The molecule has 17 nitrogen and oxygen atoms in total. The maximum Gasteiger partial charge on any atom is 0.407 e. The van der Waals surface area contributed by atoms with Gasteiger partial charge in [0.2, 0.25) is 11.8 Å². The van der Waals surface area contributed by atoms with Gasteiger partial charge in [-0.15, -0.1) is 0 Å². The molecule has 312 valence electrons. The van der Waals surface area contributed by atoms with Crippen molar-refractivity contribution in [1.82, 2.24) is 45.5 Å². The van der Waals surface area contributed by atoms with Crippen LogP contribution < -0.4 is 10.6 Å². The Kier molecular flexibility index (Phi) is 11.3. The van der Waals surface area contributed by atoms with Gasteiger partial charge < -0.3 is 30.0 Å². The molecule has 5 amide bonds. The minimum atomic E-state index is -0.865. The Labute approximate surface area is 346 Å². The highest BCUT2D eigenvalue weighted by atomic mass is 16.5. The summed E-state index contributed by atoms with van der Waals surface area (Å²) in [5, 5.41) is 8.32. The minimum Gasteiger partial charge on any atom is -0.453 e. The second-order valence-electron chi connectivity index (χ2n) is 15.8. The van der Waals surface area contributed by atoms with Gasteiger partial charge in [-0.2, -0.15) is 0 Å². The number of fused-ring (bicyclic) bond motifs is 2. The highest BCUT2D eigenvalue weighted by Crippen LogP contribution is 2.35. The Morgan fingerprint density at radius 1 is 0.850 bits per heavy atom. The Morgan fingerprint density at radius 3 is 2.35 bits per heavy atom. The van der Waals surface area contributed by atoms with E-state index in [1.165, 1.54) is 24.2 Å². The number of likely N-dealkylation sites (tertiary alicyclic amines) is 1. The highest BCUT2D eigenvalue weighted by Gasteiger charge is 2.44. The lowest BCUT2D eigenvalue weighted by molar-refractivity contribution is -0.169. The van der Waals surface area contributed by atoms with E-state index in [-0.39, 0.29) is 42.5 Å². The van der Waals surface area contributed by atoms with Gasteiger partial charge in [0.1, 0.15) is 17.9 Å². The third kappa shape index (κ3) is 7.90. The van der Waals surface area contributed by atoms with E-state index in [2.05, 4.69) is 20.6 Å². The van der Waals surface area contributed by atoms with Crippen LogP contribution in [0, 0.1) is 5.92 Å². The van der Waals surface area contributed by atoms with Crippen molar-refractivity contribution >= 4 is 52.2 Å². The summed E-state index contributed by atoms with van der Waals surface area (Å²) in [7, 11) is 2.52. The van der Waals surface area contributed by atoms with Crippen molar-refractivity contribution in [1.29, 1.82) is 0 Å². The molecule has 0 saturated carbocycles. The molecule has 2 aromatic heterocycles. The molecule has 6 heterocycles.